The second-order valence-electron chi connectivity index (χ2n) is 2.52. The van der Waals surface area contributed by atoms with Crippen molar-refractivity contribution in [1.29, 1.82) is 0 Å². The highest BCUT2D eigenvalue weighted by Crippen LogP contribution is 2.19. The zero-order chi connectivity index (χ0) is 9.14. The van der Waals surface area contributed by atoms with E-state index in [9.17, 15) is 4.79 Å². The van der Waals surface area contributed by atoms with Crippen LogP contribution in [-0.2, 0) is 0 Å². The normalized spacial score (nSPS) is 10.2. The third-order valence-electron chi connectivity index (χ3n) is 1.48. The summed E-state index contributed by atoms with van der Waals surface area (Å²) in [5.74, 6) is 0.400. The van der Waals surface area contributed by atoms with Gasteiger partial charge in [-0.25, -0.2) is 0 Å². The van der Waals surface area contributed by atoms with Gasteiger partial charge in [-0.2, -0.15) is 0 Å². The summed E-state index contributed by atoms with van der Waals surface area (Å²) in [5.41, 5.74) is 0.863. The van der Waals surface area contributed by atoms with Gasteiger partial charge < -0.3 is 9.73 Å². The van der Waals surface area contributed by atoms with E-state index in [2.05, 4.69) is 21.2 Å². The van der Waals surface area contributed by atoms with E-state index < -0.39 is 0 Å². The number of carbonyl (C=O) groups excluding carboxylic acids is 1. The minimum Gasteiger partial charge on any atom is -0.446 e. The molecule has 66 valence electrons. The predicted octanol–water partition coefficient (Wildman–Crippen LogP) is 1.75. The molecular formula is C8H10BrNO2. The lowest BCUT2D eigenvalue weighted by molar-refractivity contribution is 0.0965. The maximum atomic E-state index is 11.3. The van der Waals surface area contributed by atoms with Crippen molar-refractivity contribution in [3.05, 3.63) is 22.1 Å². The Morgan fingerprint density at radius 3 is 2.83 bits per heavy atom. The maximum Gasteiger partial charge on any atom is 0.212 e. The van der Waals surface area contributed by atoms with Crippen molar-refractivity contribution in [3.8, 4) is 0 Å². The van der Waals surface area contributed by atoms with Crippen molar-refractivity contribution < 1.29 is 9.21 Å². The number of halogens is 1. The highest BCUT2D eigenvalue weighted by molar-refractivity contribution is 9.10. The molecule has 1 N–H and O–H groups in total. The monoisotopic (exact) mass is 231 g/mol. The first-order valence-corrected chi connectivity index (χ1v) is 4.38. The summed E-state index contributed by atoms with van der Waals surface area (Å²) < 4.78 is 5.75. The topological polar surface area (TPSA) is 42.2 Å². The summed E-state index contributed by atoms with van der Waals surface area (Å²) in [6, 6.07) is 1.78. The van der Waals surface area contributed by atoms with Crippen LogP contribution in [0.15, 0.2) is 15.2 Å². The van der Waals surface area contributed by atoms with E-state index in [4.69, 9.17) is 4.42 Å². The first-order chi connectivity index (χ1) is 5.65. The van der Waals surface area contributed by atoms with Gasteiger partial charge in [-0.3, -0.25) is 4.79 Å². The quantitative estimate of drug-likeness (QED) is 0.807. The molecule has 0 aromatic carbocycles. The number of Topliss-reactive ketones (excluding diaryl/α,β-unsaturated/α-hetero) is 1. The molecule has 12 heavy (non-hydrogen) atoms. The fourth-order valence-electron chi connectivity index (χ4n) is 0.961. The highest BCUT2D eigenvalue weighted by atomic mass is 79.9. The molecule has 1 rings (SSSR count). The van der Waals surface area contributed by atoms with Crippen LogP contribution in [0.25, 0.3) is 0 Å². The van der Waals surface area contributed by atoms with Crippen molar-refractivity contribution in [2.24, 2.45) is 0 Å². The molecule has 0 radical (unpaired) electrons. The fraction of sp³-hybridized carbons (Fsp3) is 0.375. The summed E-state index contributed by atoms with van der Waals surface area (Å²) in [6.07, 6.45) is 0. The van der Waals surface area contributed by atoms with Gasteiger partial charge >= 0.3 is 0 Å². The standard InChI is InChI=1S/C8H10BrNO2/c1-5-3-7(9)12-8(5)6(11)4-10-2/h3,10H,4H2,1-2H3. The summed E-state index contributed by atoms with van der Waals surface area (Å²) in [4.78, 5) is 11.3. The number of carbonyl (C=O) groups is 1. The fourth-order valence-corrected chi connectivity index (χ4v) is 1.47. The number of aryl methyl sites for hydroxylation is 1. The Balaban J connectivity index is 2.87. The Kier molecular flexibility index (Phi) is 3.05. The molecule has 0 saturated heterocycles. The molecule has 4 heteroatoms. The first-order valence-electron chi connectivity index (χ1n) is 3.59. The van der Waals surface area contributed by atoms with Gasteiger partial charge in [-0.05, 0) is 41.5 Å². The van der Waals surface area contributed by atoms with Crippen molar-refractivity contribution in [2.75, 3.05) is 13.6 Å². The van der Waals surface area contributed by atoms with Crippen LogP contribution in [0.4, 0.5) is 0 Å². The zero-order valence-corrected chi connectivity index (χ0v) is 8.56. The van der Waals surface area contributed by atoms with Crippen LogP contribution in [0.5, 0.6) is 0 Å². The Bertz CT molecular complexity index is 293. The molecule has 0 aliphatic rings. The number of furan rings is 1. The van der Waals surface area contributed by atoms with Crippen molar-refractivity contribution in [2.45, 2.75) is 6.92 Å². The third-order valence-corrected chi connectivity index (χ3v) is 1.87. The van der Waals surface area contributed by atoms with Crippen LogP contribution >= 0.6 is 15.9 Å². The number of nitrogens with one attached hydrogen (secondary N) is 1. The molecule has 0 aliphatic carbocycles. The third kappa shape index (κ3) is 1.95. The van der Waals surface area contributed by atoms with Gasteiger partial charge in [-0.1, -0.05) is 0 Å². The van der Waals surface area contributed by atoms with Crippen molar-refractivity contribution in [3.63, 3.8) is 0 Å². The van der Waals surface area contributed by atoms with E-state index in [0.717, 1.165) is 5.56 Å². The van der Waals surface area contributed by atoms with E-state index in [-0.39, 0.29) is 5.78 Å². The predicted molar refractivity (Wildman–Crippen MR) is 49.4 cm³/mol. The van der Waals surface area contributed by atoms with E-state index in [1.165, 1.54) is 0 Å². The van der Waals surface area contributed by atoms with E-state index in [0.29, 0.717) is 17.0 Å². The Morgan fingerprint density at radius 1 is 1.75 bits per heavy atom. The largest absolute Gasteiger partial charge is 0.446 e. The zero-order valence-electron chi connectivity index (χ0n) is 6.98. The lowest BCUT2D eigenvalue weighted by atomic mass is 10.2. The van der Waals surface area contributed by atoms with Gasteiger partial charge in [0.25, 0.3) is 0 Å². The SMILES string of the molecule is CNCC(=O)c1oc(Br)cc1C. The van der Waals surface area contributed by atoms with Gasteiger partial charge in [0, 0.05) is 0 Å². The minimum absolute atomic E-state index is 0.0271. The van der Waals surface area contributed by atoms with Gasteiger partial charge in [0.2, 0.25) is 5.78 Å². The molecule has 1 aromatic rings. The van der Waals surface area contributed by atoms with E-state index in [1.807, 2.05) is 6.92 Å². The van der Waals surface area contributed by atoms with Crippen molar-refractivity contribution in [1.82, 2.24) is 5.32 Å². The van der Waals surface area contributed by atoms with Crippen LogP contribution in [0.2, 0.25) is 0 Å². The number of likely N-dealkylation sites (N-methyl/N-ethyl adjacent to an activating group) is 1. The first kappa shape index (κ1) is 9.48. The lowest BCUT2D eigenvalue weighted by Crippen LogP contribution is -2.18. The van der Waals surface area contributed by atoms with Crippen LogP contribution < -0.4 is 5.32 Å². The summed E-state index contributed by atoms with van der Waals surface area (Å²) >= 11 is 3.16. The van der Waals surface area contributed by atoms with Crippen LogP contribution in [0, 0.1) is 6.92 Å². The summed E-state index contributed by atoms with van der Waals surface area (Å²) in [6.45, 7) is 2.15. The number of ketones is 1. The van der Waals surface area contributed by atoms with Gasteiger partial charge in [0.15, 0.2) is 10.4 Å². The van der Waals surface area contributed by atoms with Gasteiger partial charge in [-0.15, -0.1) is 0 Å². The van der Waals surface area contributed by atoms with Crippen LogP contribution in [-0.4, -0.2) is 19.4 Å². The number of hydrogen-bond donors (Lipinski definition) is 1. The second-order valence-corrected chi connectivity index (χ2v) is 3.30. The maximum absolute atomic E-state index is 11.3. The summed E-state index contributed by atoms with van der Waals surface area (Å²) in [5, 5.41) is 2.78. The Morgan fingerprint density at radius 2 is 2.42 bits per heavy atom. The molecule has 3 nitrogen and oxygen atoms in total. The molecule has 0 atom stereocenters. The molecule has 1 aromatic heterocycles. The second kappa shape index (κ2) is 3.87. The van der Waals surface area contributed by atoms with E-state index >= 15 is 0 Å². The number of rotatable bonds is 3. The molecule has 0 amide bonds. The van der Waals surface area contributed by atoms with Crippen LogP contribution in [0.3, 0.4) is 0 Å². The molecule has 0 aliphatic heterocycles. The molecule has 0 fully saturated rings. The number of hydrogen-bond acceptors (Lipinski definition) is 3. The molecule has 0 bridgehead atoms. The molecule has 0 spiro atoms. The smallest absolute Gasteiger partial charge is 0.212 e. The molecule has 0 unspecified atom stereocenters. The van der Waals surface area contributed by atoms with Crippen LogP contribution in [0.1, 0.15) is 16.1 Å². The average molecular weight is 232 g/mol. The lowest BCUT2D eigenvalue weighted by Gasteiger charge is -1.95. The summed E-state index contributed by atoms with van der Waals surface area (Å²) in [7, 11) is 1.73. The Labute approximate surface area is 79.3 Å². The van der Waals surface area contributed by atoms with E-state index in [1.54, 1.807) is 13.1 Å². The van der Waals surface area contributed by atoms with Crippen molar-refractivity contribution >= 4 is 21.7 Å². The molecule has 0 saturated carbocycles. The molecule has 1 heterocycles. The highest BCUT2D eigenvalue weighted by Gasteiger charge is 2.13. The molecular weight excluding hydrogens is 222 g/mol. The minimum atomic E-state index is -0.0271. The van der Waals surface area contributed by atoms with Gasteiger partial charge in [0.05, 0.1) is 6.54 Å². The Hall–Kier alpha value is -0.610. The average Bonchev–Trinajstić information content (AvgIpc) is 2.30. The van der Waals surface area contributed by atoms with Gasteiger partial charge in [0.1, 0.15) is 0 Å².